The lowest BCUT2D eigenvalue weighted by molar-refractivity contribution is 0.750. The zero-order valence-corrected chi connectivity index (χ0v) is 9.96. The van der Waals surface area contributed by atoms with E-state index >= 15 is 0 Å². The molecule has 0 spiro atoms. The number of benzene rings is 1. The Hall–Kier alpha value is -1.54. The van der Waals surface area contributed by atoms with Crippen LogP contribution in [0.5, 0.6) is 0 Å². The molecule has 0 atom stereocenters. The second-order valence-electron chi connectivity index (χ2n) is 3.37. The fraction of sp³-hybridized carbons (Fsp3) is 0.200. The van der Waals surface area contributed by atoms with Gasteiger partial charge in [0.2, 0.25) is 0 Å². The first-order chi connectivity index (χ1) is 7.06. The van der Waals surface area contributed by atoms with E-state index in [0.717, 1.165) is 16.6 Å². The summed E-state index contributed by atoms with van der Waals surface area (Å²) in [5.74, 6) is 0. The standard InChI is InChI=1S/C10H9BrN4/c1-5-7-3-6(4-12)9(13)8(11)10(7)14-15(5)2/h3H,13H2,1-2H3. The molecule has 4 nitrogen and oxygen atoms in total. The summed E-state index contributed by atoms with van der Waals surface area (Å²) in [7, 11) is 1.87. The lowest BCUT2D eigenvalue weighted by Gasteiger charge is -2.01. The Kier molecular flexibility index (Phi) is 2.16. The number of hydrogen-bond donors (Lipinski definition) is 1. The molecule has 0 saturated carbocycles. The highest BCUT2D eigenvalue weighted by Gasteiger charge is 2.13. The van der Waals surface area contributed by atoms with Gasteiger partial charge in [0.05, 0.1) is 15.7 Å². The van der Waals surface area contributed by atoms with Gasteiger partial charge in [-0.15, -0.1) is 0 Å². The zero-order chi connectivity index (χ0) is 11.2. The van der Waals surface area contributed by atoms with E-state index in [1.54, 1.807) is 10.7 Å². The van der Waals surface area contributed by atoms with Gasteiger partial charge < -0.3 is 5.73 Å². The van der Waals surface area contributed by atoms with Crippen molar-refractivity contribution in [2.24, 2.45) is 7.05 Å². The van der Waals surface area contributed by atoms with Crippen LogP contribution in [-0.2, 0) is 7.05 Å². The quantitative estimate of drug-likeness (QED) is 0.741. The molecule has 1 aromatic heterocycles. The van der Waals surface area contributed by atoms with Gasteiger partial charge in [-0.25, -0.2) is 0 Å². The van der Waals surface area contributed by atoms with Crippen molar-refractivity contribution in [1.82, 2.24) is 9.78 Å². The van der Waals surface area contributed by atoms with Crippen molar-refractivity contribution >= 4 is 32.5 Å². The van der Waals surface area contributed by atoms with Crippen LogP contribution in [0.4, 0.5) is 5.69 Å². The molecule has 0 amide bonds. The summed E-state index contributed by atoms with van der Waals surface area (Å²) in [6.45, 7) is 1.96. The number of nitrogens with two attached hydrogens (primary N) is 1. The van der Waals surface area contributed by atoms with E-state index in [-0.39, 0.29) is 0 Å². The molecule has 0 radical (unpaired) electrons. The highest BCUT2D eigenvalue weighted by atomic mass is 79.9. The van der Waals surface area contributed by atoms with Crippen molar-refractivity contribution in [3.8, 4) is 6.07 Å². The fourth-order valence-corrected chi connectivity index (χ4v) is 2.03. The maximum absolute atomic E-state index is 8.92. The molecule has 15 heavy (non-hydrogen) atoms. The molecule has 0 unspecified atom stereocenters. The number of aromatic nitrogens is 2. The monoisotopic (exact) mass is 264 g/mol. The molecule has 1 aromatic carbocycles. The van der Waals surface area contributed by atoms with Gasteiger partial charge in [0.25, 0.3) is 0 Å². The third-order valence-corrected chi connectivity index (χ3v) is 3.33. The van der Waals surface area contributed by atoms with E-state index in [4.69, 9.17) is 11.0 Å². The van der Waals surface area contributed by atoms with E-state index < -0.39 is 0 Å². The third-order valence-electron chi connectivity index (χ3n) is 2.52. The Morgan fingerprint density at radius 1 is 1.60 bits per heavy atom. The van der Waals surface area contributed by atoms with Crippen LogP contribution >= 0.6 is 15.9 Å². The second-order valence-corrected chi connectivity index (χ2v) is 4.16. The summed E-state index contributed by atoms with van der Waals surface area (Å²) in [5, 5.41) is 14.2. The second kappa shape index (κ2) is 3.24. The molecule has 2 N–H and O–H groups in total. The largest absolute Gasteiger partial charge is 0.397 e. The van der Waals surface area contributed by atoms with E-state index in [1.165, 1.54) is 0 Å². The number of hydrogen-bond acceptors (Lipinski definition) is 3. The number of fused-ring (bicyclic) bond motifs is 1. The maximum atomic E-state index is 8.92. The molecule has 0 fully saturated rings. The van der Waals surface area contributed by atoms with Crippen LogP contribution in [0, 0.1) is 18.3 Å². The van der Waals surface area contributed by atoms with Crippen LogP contribution in [0.1, 0.15) is 11.3 Å². The fourth-order valence-electron chi connectivity index (χ4n) is 1.52. The van der Waals surface area contributed by atoms with Gasteiger partial charge >= 0.3 is 0 Å². The smallest absolute Gasteiger partial charge is 0.109 e. The molecule has 2 aromatic rings. The number of rotatable bonds is 0. The molecule has 1 heterocycles. The van der Waals surface area contributed by atoms with Gasteiger partial charge in [-0.05, 0) is 28.9 Å². The van der Waals surface area contributed by atoms with E-state index in [1.807, 2.05) is 14.0 Å². The van der Waals surface area contributed by atoms with Crippen LogP contribution in [0.15, 0.2) is 10.5 Å². The van der Waals surface area contributed by atoms with E-state index in [2.05, 4.69) is 27.1 Å². The molecule has 0 aliphatic rings. The zero-order valence-electron chi connectivity index (χ0n) is 8.37. The number of nitriles is 1. The number of nitrogens with zero attached hydrogens (tertiary/aromatic N) is 3. The Morgan fingerprint density at radius 2 is 2.27 bits per heavy atom. The van der Waals surface area contributed by atoms with Gasteiger partial charge in [-0.2, -0.15) is 10.4 Å². The van der Waals surface area contributed by atoms with E-state index in [9.17, 15) is 0 Å². The molecule has 0 saturated heterocycles. The van der Waals surface area contributed by atoms with Crippen molar-refractivity contribution < 1.29 is 0 Å². The lowest BCUT2D eigenvalue weighted by atomic mass is 10.1. The van der Waals surface area contributed by atoms with Crippen LogP contribution in [0.2, 0.25) is 0 Å². The van der Waals surface area contributed by atoms with Crippen molar-refractivity contribution in [1.29, 1.82) is 5.26 Å². The normalized spacial score (nSPS) is 10.5. The lowest BCUT2D eigenvalue weighted by Crippen LogP contribution is -1.92. The molecule has 0 aliphatic carbocycles. The molecule has 0 aliphatic heterocycles. The van der Waals surface area contributed by atoms with Gasteiger partial charge in [-0.3, -0.25) is 4.68 Å². The summed E-state index contributed by atoms with van der Waals surface area (Å²) < 4.78 is 2.47. The molecule has 76 valence electrons. The summed E-state index contributed by atoms with van der Waals surface area (Å²) in [6, 6.07) is 3.85. The third kappa shape index (κ3) is 1.29. The summed E-state index contributed by atoms with van der Waals surface area (Å²) in [4.78, 5) is 0. The van der Waals surface area contributed by atoms with Crippen molar-refractivity contribution in [2.45, 2.75) is 6.92 Å². The summed E-state index contributed by atoms with van der Waals surface area (Å²) in [6.07, 6.45) is 0. The number of aryl methyl sites for hydroxylation is 2. The topological polar surface area (TPSA) is 67.6 Å². The van der Waals surface area contributed by atoms with Gasteiger partial charge in [-0.1, -0.05) is 0 Å². The van der Waals surface area contributed by atoms with Crippen LogP contribution in [0.3, 0.4) is 0 Å². The number of nitrogen functional groups attached to an aromatic ring is 1. The minimum Gasteiger partial charge on any atom is -0.397 e. The van der Waals surface area contributed by atoms with Crippen LogP contribution in [0.25, 0.3) is 10.9 Å². The molecule has 0 bridgehead atoms. The molecule has 2 rings (SSSR count). The van der Waals surface area contributed by atoms with Crippen LogP contribution < -0.4 is 5.73 Å². The number of halogens is 1. The highest BCUT2D eigenvalue weighted by Crippen LogP contribution is 2.32. The average Bonchev–Trinajstić information content (AvgIpc) is 2.50. The Labute approximate surface area is 95.4 Å². The first-order valence-corrected chi connectivity index (χ1v) is 5.17. The van der Waals surface area contributed by atoms with E-state index in [0.29, 0.717) is 15.7 Å². The minimum atomic E-state index is 0.447. The van der Waals surface area contributed by atoms with Crippen LogP contribution in [-0.4, -0.2) is 9.78 Å². The predicted octanol–water partition coefficient (Wildman–Crippen LogP) is 2.10. The van der Waals surface area contributed by atoms with Crippen molar-refractivity contribution in [2.75, 3.05) is 5.73 Å². The van der Waals surface area contributed by atoms with Crippen molar-refractivity contribution in [3.05, 3.63) is 21.8 Å². The molecule has 5 heteroatoms. The first kappa shape index (κ1) is 9.99. The Balaban J connectivity index is 2.99. The summed E-state index contributed by atoms with van der Waals surface area (Å²) in [5.41, 5.74) is 8.54. The SMILES string of the molecule is Cc1c2cc(C#N)c(N)c(Br)c2nn1C. The summed E-state index contributed by atoms with van der Waals surface area (Å²) >= 11 is 3.37. The van der Waals surface area contributed by atoms with Crippen molar-refractivity contribution in [3.63, 3.8) is 0 Å². The number of anilines is 1. The average molecular weight is 265 g/mol. The highest BCUT2D eigenvalue weighted by molar-refractivity contribution is 9.10. The minimum absolute atomic E-state index is 0.447. The van der Waals surface area contributed by atoms with Gasteiger partial charge in [0, 0.05) is 18.1 Å². The Morgan fingerprint density at radius 3 is 2.87 bits per heavy atom. The molecular weight excluding hydrogens is 256 g/mol. The predicted molar refractivity (Wildman–Crippen MR) is 62.3 cm³/mol. The van der Waals surface area contributed by atoms with Gasteiger partial charge in [0.1, 0.15) is 11.6 Å². The van der Waals surface area contributed by atoms with Gasteiger partial charge in [0.15, 0.2) is 0 Å². The Bertz CT molecular complexity index is 592. The maximum Gasteiger partial charge on any atom is 0.109 e. The first-order valence-electron chi connectivity index (χ1n) is 4.37. The molecular formula is C10H9BrN4.